The maximum atomic E-state index is 12.1. The molecule has 1 amide bonds. The summed E-state index contributed by atoms with van der Waals surface area (Å²) in [6.45, 7) is 6.56. The van der Waals surface area contributed by atoms with Gasteiger partial charge in [-0.25, -0.2) is 0 Å². The molecule has 0 spiro atoms. The number of carbonyl (C=O) groups excluding carboxylic acids is 1. The molecule has 0 bridgehead atoms. The van der Waals surface area contributed by atoms with Crippen molar-refractivity contribution in [1.82, 2.24) is 5.32 Å². The zero-order valence-corrected chi connectivity index (χ0v) is 11.7. The van der Waals surface area contributed by atoms with Gasteiger partial charge in [-0.3, -0.25) is 9.59 Å². The van der Waals surface area contributed by atoms with Crippen molar-refractivity contribution in [2.45, 2.75) is 39.0 Å². The van der Waals surface area contributed by atoms with Gasteiger partial charge in [-0.1, -0.05) is 39.0 Å². The topological polar surface area (TPSA) is 66.4 Å². The third-order valence-electron chi connectivity index (χ3n) is 2.83. The van der Waals surface area contributed by atoms with Crippen molar-refractivity contribution in [2.75, 3.05) is 6.54 Å². The van der Waals surface area contributed by atoms with Gasteiger partial charge in [0.1, 0.15) is 0 Å². The lowest BCUT2D eigenvalue weighted by molar-refractivity contribution is -0.137. The third-order valence-corrected chi connectivity index (χ3v) is 2.83. The fraction of sp³-hybridized carbons (Fsp3) is 0.467. The van der Waals surface area contributed by atoms with Gasteiger partial charge >= 0.3 is 5.97 Å². The average molecular weight is 263 g/mol. The van der Waals surface area contributed by atoms with Crippen LogP contribution in [0.3, 0.4) is 0 Å². The van der Waals surface area contributed by atoms with Gasteiger partial charge in [0.25, 0.3) is 5.91 Å². The van der Waals surface area contributed by atoms with Gasteiger partial charge in [-0.2, -0.15) is 0 Å². The second-order valence-electron chi connectivity index (χ2n) is 5.55. The first-order chi connectivity index (χ1) is 8.82. The minimum absolute atomic E-state index is 0.0706. The highest BCUT2D eigenvalue weighted by Crippen LogP contribution is 2.25. The summed E-state index contributed by atoms with van der Waals surface area (Å²) in [4.78, 5) is 22.5. The molecule has 19 heavy (non-hydrogen) atoms. The molecule has 104 valence electrons. The van der Waals surface area contributed by atoms with Gasteiger partial charge < -0.3 is 10.4 Å². The molecule has 2 N–H and O–H groups in total. The summed E-state index contributed by atoms with van der Waals surface area (Å²) in [5, 5.41) is 11.3. The predicted octanol–water partition coefficient (Wildman–Crippen LogP) is 2.58. The van der Waals surface area contributed by atoms with Crippen LogP contribution in [0.2, 0.25) is 0 Å². The number of carboxylic acid groups (broad SMARTS) is 1. The molecule has 0 saturated carbocycles. The number of hydrogen-bond donors (Lipinski definition) is 2. The summed E-state index contributed by atoms with van der Waals surface area (Å²) in [6, 6.07) is 7.50. The molecule has 1 aromatic carbocycles. The highest BCUT2D eigenvalue weighted by molar-refractivity contribution is 5.96. The molecular formula is C15H21NO3. The van der Waals surface area contributed by atoms with E-state index in [0.29, 0.717) is 18.5 Å². The Bertz CT molecular complexity index is 461. The molecule has 0 aliphatic carbocycles. The van der Waals surface area contributed by atoms with Crippen LogP contribution in [-0.2, 0) is 10.2 Å². The summed E-state index contributed by atoms with van der Waals surface area (Å²) in [5.74, 6) is -0.986. The predicted molar refractivity (Wildman–Crippen MR) is 74.3 cm³/mol. The Balaban J connectivity index is 2.70. The minimum Gasteiger partial charge on any atom is -0.481 e. The van der Waals surface area contributed by atoms with E-state index in [-0.39, 0.29) is 17.7 Å². The Labute approximate surface area is 113 Å². The number of benzene rings is 1. The van der Waals surface area contributed by atoms with Crippen LogP contribution in [0.1, 0.15) is 49.5 Å². The highest BCUT2D eigenvalue weighted by atomic mass is 16.4. The normalized spacial score (nSPS) is 11.1. The van der Waals surface area contributed by atoms with E-state index in [1.165, 1.54) is 0 Å². The maximum Gasteiger partial charge on any atom is 0.303 e. The quantitative estimate of drug-likeness (QED) is 0.802. The molecular weight excluding hydrogens is 242 g/mol. The Hall–Kier alpha value is -1.84. The lowest BCUT2D eigenvalue weighted by Crippen LogP contribution is -2.28. The van der Waals surface area contributed by atoms with E-state index in [2.05, 4.69) is 26.1 Å². The van der Waals surface area contributed by atoms with Crippen molar-refractivity contribution in [1.29, 1.82) is 0 Å². The molecule has 0 saturated heterocycles. The van der Waals surface area contributed by atoms with Crippen LogP contribution in [0.5, 0.6) is 0 Å². The second kappa shape index (κ2) is 6.36. The van der Waals surface area contributed by atoms with Gasteiger partial charge in [0.15, 0.2) is 0 Å². The SMILES string of the molecule is CC(C)(C)c1ccccc1C(=O)NCCCC(=O)O. The summed E-state index contributed by atoms with van der Waals surface area (Å²) in [5.41, 5.74) is 1.55. The highest BCUT2D eigenvalue weighted by Gasteiger charge is 2.20. The van der Waals surface area contributed by atoms with Crippen LogP contribution in [0.4, 0.5) is 0 Å². The molecule has 4 heteroatoms. The van der Waals surface area contributed by atoms with Crippen LogP contribution in [0, 0.1) is 0 Å². The van der Waals surface area contributed by atoms with Crippen LogP contribution in [0.15, 0.2) is 24.3 Å². The number of aliphatic carboxylic acids is 1. The average Bonchev–Trinajstić information content (AvgIpc) is 2.33. The van der Waals surface area contributed by atoms with E-state index in [9.17, 15) is 9.59 Å². The molecule has 0 aliphatic rings. The molecule has 0 atom stereocenters. The fourth-order valence-corrected chi connectivity index (χ4v) is 1.87. The molecule has 0 unspecified atom stereocenters. The zero-order chi connectivity index (χ0) is 14.5. The minimum atomic E-state index is -0.843. The van der Waals surface area contributed by atoms with Crippen LogP contribution in [0.25, 0.3) is 0 Å². The molecule has 0 fully saturated rings. The third kappa shape index (κ3) is 4.73. The van der Waals surface area contributed by atoms with Gasteiger partial charge in [0.2, 0.25) is 0 Å². The van der Waals surface area contributed by atoms with E-state index in [4.69, 9.17) is 5.11 Å². The van der Waals surface area contributed by atoms with Gasteiger partial charge in [-0.05, 0) is 23.5 Å². The Morgan fingerprint density at radius 3 is 2.42 bits per heavy atom. The molecule has 1 aromatic rings. The van der Waals surface area contributed by atoms with Crippen molar-refractivity contribution < 1.29 is 14.7 Å². The Morgan fingerprint density at radius 2 is 1.84 bits per heavy atom. The number of nitrogens with one attached hydrogen (secondary N) is 1. The lowest BCUT2D eigenvalue weighted by atomic mass is 9.83. The van der Waals surface area contributed by atoms with Crippen molar-refractivity contribution in [3.63, 3.8) is 0 Å². The molecule has 0 radical (unpaired) electrons. The number of carbonyl (C=O) groups is 2. The maximum absolute atomic E-state index is 12.1. The first-order valence-corrected chi connectivity index (χ1v) is 6.42. The lowest BCUT2D eigenvalue weighted by Gasteiger charge is -2.22. The van der Waals surface area contributed by atoms with Gasteiger partial charge in [0.05, 0.1) is 0 Å². The van der Waals surface area contributed by atoms with E-state index in [0.717, 1.165) is 5.56 Å². The molecule has 0 aromatic heterocycles. The van der Waals surface area contributed by atoms with Crippen molar-refractivity contribution in [3.8, 4) is 0 Å². The summed E-state index contributed by atoms with van der Waals surface area (Å²) >= 11 is 0. The van der Waals surface area contributed by atoms with Crippen molar-refractivity contribution in [2.24, 2.45) is 0 Å². The fourth-order valence-electron chi connectivity index (χ4n) is 1.87. The molecule has 0 heterocycles. The number of carboxylic acids is 1. The van der Waals surface area contributed by atoms with E-state index >= 15 is 0 Å². The van der Waals surface area contributed by atoms with Crippen molar-refractivity contribution in [3.05, 3.63) is 35.4 Å². The van der Waals surface area contributed by atoms with E-state index in [1.807, 2.05) is 18.2 Å². The van der Waals surface area contributed by atoms with Crippen LogP contribution < -0.4 is 5.32 Å². The summed E-state index contributed by atoms with van der Waals surface area (Å²) < 4.78 is 0. The zero-order valence-electron chi connectivity index (χ0n) is 11.7. The standard InChI is InChI=1S/C15H21NO3/c1-15(2,3)12-8-5-4-7-11(12)14(19)16-10-6-9-13(17)18/h4-5,7-8H,6,9-10H2,1-3H3,(H,16,19)(H,17,18). The Kier molecular flexibility index (Phi) is 5.10. The Morgan fingerprint density at radius 1 is 1.21 bits per heavy atom. The molecule has 0 aliphatic heterocycles. The largest absolute Gasteiger partial charge is 0.481 e. The van der Waals surface area contributed by atoms with Gasteiger partial charge in [0, 0.05) is 18.5 Å². The molecule has 1 rings (SSSR count). The number of hydrogen-bond acceptors (Lipinski definition) is 2. The van der Waals surface area contributed by atoms with Crippen LogP contribution in [-0.4, -0.2) is 23.5 Å². The summed E-state index contributed by atoms with van der Waals surface area (Å²) in [6.07, 6.45) is 0.514. The first kappa shape index (κ1) is 15.2. The van der Waals surface area contributed by atoms with Gasteiger partial charge in [-0.15, -0.1) is 0 Å². The monoisotopic (exact) mass is 263 g/mol. The van der Waals surface area contributed by atoms with Crippen LogP contribution >= 0.6 is 0 Å². The number of amides is 1. The first-order valence-electron chi connectivity index (χ1n) is 6.42. The smallest absolute Gasteiger partial charge is 0.303 e. The second-order valence-corrected chi connectivity index (χ2v) is 5.55. The summed E-state index contributed by atoms with van der Waals surface area (Å²) in [7, 11) is 0. The van der Waals surface area contributed by atoms with Crippen molar-refractivity contribution >= 4 is 11.9 Å². The number of rotatable bonds is 5. The molecule has 4 nitrogen and oxygen atoms in total. The van der Waals surface area contributed by atoms with E-state index < -0.39 is 5.97 Å². The van der Waals surface area contributed by atoms with E-state index in [1.54, 1.807) is 6.07 Å².